The molecular formula is C23H18FN3O3S. The first-order valence-electron chi connectivity index (χ1n) is 9.42. The van der Waals surface area contributed by atoms with Gasteiger partial charge in [-0.1, -0.05) is 24.3 Å². The lowest BCUT2D eigenvalue weighted by Crippen LogP contribution is -2.24. The van der Waals surface area contributed by atoms with E-state index < -0.39 is 5.97 Å². The zero-order valence-electron chi connectivity index (χ0n) is 16.5. The molecular weight excluding hydrogens is 417 g/mol. The molecule has 4 aromatic rings. The Morgan fingerprint density at radius 1 is 1.19 bits per heavy atom. The Morgan fingerprint density at radius 2 is 1.97 bits per heavy atom. The molecule has 0 radical (unpaired) electrons. The van der Waals surface area contributed by atoms with Crippen LogP contribution in [0.25, 0.3) is 21.7 Å². The van der Waals surface area contributed by atoms with E-state index in [0.717, 1.165) is 10.6 Å². The number of carboxylic acid groups (broad SMARTS) is 1. The Morgan fingerprint density at radius 3 is 2.61 bits per heavy atom. The molecule has 4 rings (SSSR count). The fourth-order valence-electron chi connectivity index (χ4n) is 3.28. The van der Waals surface area contributed by atoms with Gasteiger partial charge in [-0.3, -0.25) is 4.79 Å². The van der Waals surface area contributed by atoms with E-state index >= 15 is 0 Å². The van der Waals surface area contributed by atoms with Crippen LogP contribution in [0.1, 0.15) is 32.1 Å². The van der Waals surface area contributed by atoms with Gasteiger partial charge in [-0.05, 0) is 53.3 Å². The standard InChI is InChI=1S/C23H18FN3O3S/c1-13-9-14(11-25-20(13)23(29)30)12-26-22(28)21-17(15-4-6-16(24)7-5-15)10-18(27-21)19-3-2-8-31-19/h2-11,27H,12H2,1H3,(H,26,28)(H,29,30). The summed E-state index contributed by atoms with van der Waals surface area (Å²) in [5.74, 6) is -1.77. The van der Waals surface area contributed by atoms with Crippen LogP contribution in [0.3, 0.4) is 0 Å². The normalized spacial score (nSPS) is 10.8. The molecule has 3 N–H and O–H groups in total. The fourth-order valence-corrected chi connectivity index (χ4v) is 3.98. The minimum absolute atomic E-state index is 0.0152. The van der Waals surface area contributed by atoms with Crippen LogP contribution in [-0.4, -0.2) is 27.0 Å². The highest BCUT2D eigenvalue weighted by Crippen LogP contribution is 2.32. The highest BCUT2D eigenvalue weighted by molar-refractivity contribution is 7.13. The number of thiophene rings is 1. The zero-order valence-corrected chi connectivity index (χ0v) is 17.3. The van der Waals surface area contributed by atoms with Crippen LogP contribution in [0.4, 0.5) is 4.39 Å². The number of aromatic amines is 1. The number of aromatic carboxylic acids is 1. The van der Waals surface area contributed by atoms with E-state index in [2.05, 4.69) is 15.3 Å². The van der Waals surface area contributed by atoms with Crippen molar-refractivity contribution in [3.05, 3.63) is 88.4 Å². The first-order valence-corrected chi connectivity index (χ1v) is 10.3. The van der Waals surface area contributed by atoms with Crippen molar-refractivity contribution in [1.82, 2.24) is 15.3 Å². The largest absolute Gasteiger partial charge is 0.477 e. The van der Waals surface area contributed by atoms with Gasteiger partial charge in [-0.25, -0.2) is 14.2 Å². The van der Waals surface area contributed by atoms with Gasteiger partial charge in [0.2, 0.25) is 0 Å². The van der Waals surface area contributed by atoms with Crippen LogP contribution in [0.15, 0.2) is 60.1 Å². The molecule has 0 bridgehead atoms. The Labute approximate surface area is 181 Å². The predicted octanol–water partition coefficient (Wildman–Crippen LogP) is 4.88. The summed E-state index contributed by atoms with van der Waals surface area (Å²) in [6.07, 6.45) is 1.43. The summed E-state index contributed by atoms with van der Waals surface area (Å²) in [7, 11) is 0. The minimum atomic E-state index is -1.09. The number of aromatic nitrogens is 2. The van der Waals surface area contributed by atoms with Crippen molar-refractivity contribution < 1.29 is 19.1 Å². The van der Waals surface area contributed by atoms with Crippen LogP contribution in [0, 0.1) is 12.7 Å². The van der Waals surface area contributed by atoms with Crippen molar-refractivity contribution in [2.24, 2.45) is 0 Å². The van der Waals surface area contributed by atoms with Crippen LogP contribution in [0.5, 0.6) is 0 Å². The number of carboxylic acids is 1. The summed E-state index contributed by atoms with van der Waals surface area (Å²) >= 11 is 1.54. The Bertz CT molecular complexity index is 1250. The van der Waals surface area contributed by atoms with Crippen molar-refractivity contribution in [3.8, 4) is 21.7 Å². The molecule has 3 heterocycles. The minimum Gasteiger partial charge on any atom is -0.477 e. The van der Waals surface area contributed by atoms with Gasteiger partial charge in [0.1, 0.15) is 11.5 Å². The number of H-pyrrole nitrogens is 1. The number of aryl methyl sites for hydroxylation is 1. The third-order valence-corrected chi connectivity index (χ3v) is 5.68. The van der Waals surface area contributed by atoms with Gasteiger partial charge in [-0.2, -0.15) is 0 Å². The average molecular weight is 435 g/mol. The van der Waals surface area contributed by atoms with Gasteiger partial charge in [0.25, 0.3) is 5.91 Å². The summed E-state index contributed by atoms with van der Waals surface area (Å²) in [4.78, 5) is 32.2. The maximum Gasteiger partial charge on any atom is 0.354 e. The smallest absolute Gasteiger partial charge is 0.354 e. The van der Waals surface area contributed by atoms with Gasteiger partial charge in [0.15, 0.2) is 5.69 Å². The third-order valence-electron chi connectivity index (χ3n) is 4.78. The highest BCUT2D eigenvalue weighted by Gasteiger charge is 2.18. The van der Waals surface area contributed by atoms with E-state index in [-0.39, 0.29) is 24.0 Å². The van der Waals surface area contributed by atoms with Gasteiger partial charge in [-0.15, -0.1) is 11.3 Å². The maximum atomic E-state index is 13.4. The number of amides is 1. The molecule has 0 aliphatic rings. The highest BCUT2D eigenvalue weighted by atomic mass is 32.1. The lowest BCUT2D eigenvalue weighted by atomic mass is 10.1. The number of halogens is 1. The lowest BCUT2D eigenvalue weighted by molar-refractivity contribution is 0.0689. The van der Waals surface area contributed by atoms with Crippen molar-refractivity contribution >= 4 is 23.2 Å². The number of nitrogens with one attached hydrogen (secondary N) is 2. The van der Waals surface area contributed by atoms with Crippen LogP contribution in [0.2, 0.25) is 0 Å². The van der Waals surface area contributed by atoms with E-state index in [1.165, 1.54) is 18.3 Å². The van der Waals surface area contributed by atoms with Crippen molar-refractivity contribution in [2.75, 3.05) is 0 Å². The van der Waals surface area contributed by atoms with Crippen molar-refractivity contribution in [3.63, 3.8) is 0 Å². The summed E-state index contributed by atoms with van der Waals surface area (Å²) < 4.78 is 13.4. The first-order chi connectivity index (χ1) is 14.9. The molecule has 6 nitrogen and oxygen atoms in total. The SMILES string of the molecule is Cc1cc(CNC(=O)c2[nH]c(-c3cccs3)cc2-c2ccc(F)cc2)cnc1C(=O)O. The number of benzene rings is 1. The second-order valence-electron chi connectivity index (χ2n) is 6.95. The summed E-state index contributed by atoms with van der Waals surface area (Å²) in [6, 6.07) is 13.4. The first kappa shape index (κ1) is 20.5. The van der Waals surface area contributed by atoms with Crippen molar-refractivity contribution in [2.45, 2.75) is 13.5 Å². The Kier molecular flexibility index (Phi) is 5.64. The average Bonchev–Trinajstić information content (AvgIpc) is 3.42. The molecule has 1 aromatic carbocycles. The molecule has 156 valence electrons. The molecule has 0 unspecified atom stereocenters. The van der Waals surface area contributed by atoms with E-state index in [4.69, 9.17) is 5.11 Å². The van der Waals surface area contributed by atoms with E-state index in [1.807, 2.05) is 23.6 Å². The molecule has 0 saturated carbocycles. The number of nitrogens with zero attached hydrogens (tertiary/aromatic N) is 1. The molecule has 0 aliphatic heterocycles. The third kappa shape index (κ3) is 4.39. The zero-order chi connectivity index (χ0) is 22.0. The topological polar surface area (TPSA) is 95.1 Å². The molecule has 0 spiro atoms. The van der Waals surface area contributed by atoms with Crippen LogP contribution >= 0.6 is 11.3 Å². The van der Waals surface area contributed by atoms with Gasteiger partial charge < -0.3 is 15.4 Å². The number of rotatable bonds is 6. The van der Waals surface area contributed by atoms with Crippen LogP contribution in [-0.2, 0) is 6.54 Å². The molecule has 1 amide bonds. The summed E-state index contributed by atoms with van der Waals surface area (Å²) in [5.41, 5.74) is 3.73. The number of carbonyl (C=O) groups excluding carboxylic acids is 1. The van der Waals surface area contributed by atoms with Gasteiger partial charge >= 0.3 is 5.97 Å². The molecule has 3 aromatic heterocycles. The number of hydrogen-bond acceptors (Lipinski definition) is 4. The Balaban J connectivity index is 1.61. The van der Waals surface area contributed by atoms with E-state index in [9.17, 15) is 14.0 Å². The van der Waals surface area contributed by atoms with Crippen molar-refractivity contribution in [1.29, 1.82) is 0 Å². The second-order valence-corrected chi connectivity index (χ2v) is 7.90. The molecule has 31 heavy (non-hydrogen) atoms. The van der Waals surface area contributed by atoms with Gasteiger partial charge in [0, 0.05) is 18.3 Å². The maximum absolute atomic E-state index is 13.4. The molecule has 0 fully saturated rings. The summed E-state index contributed by atoms with van der Waals surface area (Å²) in [5, 5.41) is 13.9. The molecule has 0 aliphatic carbocycles. The number of carbonyl (C=O) groups is 2. The predicted molar refractivity (Wildman–Crippen MR) is 117 cm³/mol. The number of hydrogen-bond donors (Lipinski definition) is 3. The molecule has 8 heteroatoms. The van der Waals surface area contributed by atoms with Gasteiger partial charge in [0.05, 0.1) is 10.6 Å². The summed E-state index contributed by atoms with van der Waals surface area (Å²) in [6.45, 7) is 1.84. The second kappa shape index (κ2) is 8.53. The lowest BCUT2D eigenvalue weighted by Gasteiger charge is -2.08. The molecule has 0 saturated heterocycles. The fraction of sp³-hybridized carbons (Fsp3) is 0.0870. The van der Waals surface area contributed by atoms with E-state index in [0.29, 0.717) is 27.9 Å². The van der Waals surface area contributed by atoms with E-state index in [1.54, 1.807) is 36.5 Å². The van der Waals surface area contributed by atoms with Crippen LogP contribution < -0.4 is 5.32 Å². The monoisotopic (exact) mass is 435 g/mol. The number of pyridine rings is 1. The Hall–Kier alpha value is -3.78. The quantitative estimate of drug-likeness (QED) is 0.402. The molecule has 0 atom stereocenters.